The average molecular weight is 376 g/mol. The van der Waals surface area contributed by atoms with Crippen LogP contribution in [0.15, 0.2) is 42.5 Å². The predicted molar refractivity (Wildman–Crippen MR) is 81.2 cm³/mol. The van der Waals surface area contributed by atoms with Gasteiger partial charge in [-0.1, -0.05) is 23.7 Å². The fourth-order valence-corrected chi connectivity index (χ4v) is 2.32. The van der Waals surface area contributed by atoms with E-state index < -0.39 is 0 Å². The molecule has 4 heteroatoms. The maximum atomic E-state index is 13.6. The largest absolute Gasteiger partial charge is 0.324 e. The Morgan fingerprint density at radius 3 is 2.50 bits per heavy atom. The average Bonchev–Trinajstić information content (AvgIpc) is 2.35. The van der Waals surface area contributed by atoms with E-state index in [0.717, 1.165) is 5.56 Å². The van der Waals surface area contributed by atoms with Crippen LogP contribution in [-0.4, -0.2) is 0 Å². The van der Waals surface area contributed by atoms with Gasteiger partial charge in [0.25, 0.3) is 0 Å². The molecule has 2 aromatic rings. The highest BCUT2D eigenvalue weighted by molar-refractivity contribution is 14.1. The molecule has 0 amide bonds. The standard InChI is InChI=1S/C14H12ClFIN/c15-10-3-6-13(16)12(8-10)14(18)7-9-1-4-11(17)5-2-9/h1-6,8,14H,7,18H2. The molecule has 2 rings (SSSR count). The predicted octanol–water partition coefficient (Wildman–Crippen LogP) is 4.33. The minimum atomic E-state index is -0.385. The number of nitrogens with two attached hydrogens (primary N) is 1. The van der Waals surface area contributed by atoms with Crippen LogP contribution in [0.4, 0.5) is 4.39 Å². The van der Waals surface area contributed by atoms with Gasteiger partial charge in [0.15, 0.2) is 0 Å². The zero-order valence-corrected chi connectivity index (χ0v) is 12.5. The van der Waals surface area contributed by atoms with E-state index in [2.05, 4.69) is 22.6 Å². The van der Waals surface area contributed by atoms with Gasteiger partial charge in [-0.3, -0.25) is 0 Å². The molecule has 2 aromatic carbocycles. The Kier molecular flexibility index (Phi) is 4.59. The molecular weight excluding hydrogens is 364 g/mol. The molecule has 0 heterocycles. The topological polar surface area (TPSA) is 26.0 Å². The van der Waals surface area contributed by atoms with E-state index in [-0.39, 0.29) is 11.9 Å². The summed E-state index contributed by atoms with van der Waals surface area (Å²) >= 11 is 8.10. The second-order valence-corrected chi connectivity index (χ2v) is 5.78. The highest BCUT2D eigenvalue weighted by Gasteiger charge is 2.12. The summed E-state index contributed by atoms with van der Waals surface area (Å²) in [6.07, 6.45) is 0.591. The molecular formula is C14H12ClFIN. The lowest BCUT2D eigenvalue weighted by Gasteiger charge is -2.13. The lowest BCUT2D eigenvalue weighted by molar-refractivity contribution is 0.580. The van der Waals surface area contributed by atoms with E-state index in [9.17, 15) is 4.39 Å². The summed E-state index contributed by atoms with van der Waals surface area (Å²) in [4.78, 5) is 0. The highest BCUT2D eigenvalue weighted by Crippen LogP contribution is 2.23. The highest BCUT2D eigenvalue weighted by atomic mass is 127. The van der Waals surface area contributed by atoms with Gasteiger partial charge >= 0.3 is 0 Å². The fraction of sp³-hybridized carbons (Fsp3) is 0.143. The van der Waals surface area contributed by atoms with Gasteiger partial charge in [-0.2, -0.15) is 0 Å². The summed E-state index contributed by atoms with van der Waals surface area (Å²) in [7, 11) is 0. The Morgan fingerprint density at radius 2 is 1.83 bits per heavy atom. The summed E-state index contributed by atoms with van der Waals surface area (Å²) in [6, 6.07) is 12.1. The van der Waals surface area contributed by atoms with Crippen molar-refractivity contribution in [1.29, 1.82) is 0 Å². The quantitative estimate of drug-likeness (QED) is 0.794. The van der Waals surface area contributed by atoms with Gasteiger partial charge in [0.1, 0.15) is 5.82 Å². The van der Waals surface area contributed by atoms with Gasteiger partial charge in [0.2, 0.25) is 0 Å². The molecule has 0 radical (unpaired) electrons. The zero-order valence-electron chi connectivity index (χ0n) is 9.54. The fourth-order valence-electron chi connectivity index (χ4n) is 1.78. The third kappa shape index (κ3) is 3.43. The third-order valence-electron chi connectivity index (χ3n) is 2.73. The Balaban J connectivity index is 2.18. The van der Waals surface area contributed by atoms with Gasteiger partial charge in [-0.15, -0.1) is 0 Å². The van der Waals surface area contributed by atoms with E-state index in [1.54, 1.807) is 6.07 Å². The van der Waals surface area contributed by atoms with E-state index in [1.807, 2.05) is 24.3 Å². The molecule has 18 heavy (non-hydrogen) atoms. The zero-order chi connectivity index (χ0) is 13.1. The third-order valence-corrected chi connectivity index (χ3v) is 3.68. The van der Waals surface area contributed by atoms with Crippen molar-refractivity contribution in [2.24, 2.45) is 5.73 Å². The van der Waals surface area contributed by atoms with Gasteiger partial charge in [-0.05, 0) is 64.9 Å². The smallest absolute Gasteiger partial charge is 0.128 e. The maximum absolute atomic E-state index is 13.6. The first-order chi connectivity index (χ1) is 8.56. The molecule has 94 valence electrons. The van der Waals surface area contributed by atoms with Crippen LogP contribution < -0.4 is 5.73 Å². The van der Waals surface area contributed by atoms with E-state index >= 15 is 0 Å². The molecule has 0 aliphatic heterocycles. The SMILES string of the molecule is NC(Cc1ccc(I)cc1)c1cc(Cl)ccc1F. The van der Waals surface area contributed by atoms with Crippen molar-refractivity contribution in [3.8, 4) is 0 Å². The van der Waals surface area contributed by atoms with Gasteiger partial charge < -0.3 is 5.73 Å². The Hall–Kier alpha value is -0.650. The Bertz CT molecular complexity index is 542. The van der Waals surface area contributed by atoms with Crippen molar-refractivity contribution in [3.05, 3.63) is 68.0 Å². The lowest BCUT2D eigenvalue weighted by Crippen LogP contribution is -2.15. The lowest BCUT2D eigenvalue weighted by atomic mass is 9.99. The van der Waals surface area contributed by atoms with E-state index in [0.29, 0.717) is 17.0 Å². The first-order valence-electron chi connectivity index (χ1n) is 5.51. The van der Waals surface area contributed by atoms with Crippen LogP contribution in [0, 0.1) is 9.39 Å². The molecule has 0 saturated carbocycles. The van der Waals surface area contributed by atoms with Gasteiger partial charge in [0, 0.05) is 20.2 Å². The summed E-state index contributed by atoms with van der Waals surface area (Å²) in [6.45, 7) is 0. The van der Waals surface area contributed by atoms with Crippen LogP contribution in [0.3, 0.4) is 0 Å². The summed E-state index contributed by atoms with van der Waals surface area (Å²) < 4.78 is 14.8. The van der Waals surface area contributed by atoms with Crippen LogP contribution >= 0.6 is 34.2 Å². The Morgan fingerprint density at radius 1 is 1.17 bits per heavy atom. The molecule has 1 unspecified atom stereocenters. The van der Waals surface area contributed by atoms with Crippen LogP contribution in [0.25, 0.3) is 0 Å². The molecule has 0 bridgehead atoms. The normalized spacial score (nSPS) is 12.4. The molecule has 1 nitrogen and oxygen atoms in total. The number of halogens is 3. The van der Waals surface area contributed by atoms with E-state index in [4.69, 9.17) is 17.3 Å². The monoisotopic (exact) mass is 375 g/mol. The first-order valence-corrected chi connectivity index (χ1v) is 6.97. The maximum Gasteiger partial charge on any atom is 0.128 e. The summed E-state index contributed by atoms with van der Waals surface area (Å²) in [5.74, 6) is -0.308. The first kappa shape index (κ1) is 13.8. The number of hydrogen-bond acceptors (Lipinski definition) is 1. The molecule has 0 aromatic heterocycles. The minimum absolute atomic E-state index is 0.308. The van der Waals surface area contributed by atoms with Crippen molar-refractivity contribution < 1.29 is 4.39 Å². The van der Waals surface area contributed by atoms with Crippen LogP contribution in [0.1, 0.15) is 17.2 Å². The minimum Gasteiger partial charge on any atom is -0.324 e. The molecule has 0 saturated heterocycles. The van der Waals surface area contributed by atoms with Crippen molar-refractivity contribution in [2.75, 3.05) is 0 Å². The molecule has 0 aliphatic carbocycles. The summed E-state index contributed by atoms with van der Waals surface area (Å²) in [5, 5.41) is 0.504. The van der Waals surface area contributed by atoms with Crippen LogP contribution in [-0.2, 0) is 6.42 Å². The van der Waals surface area contributed by atoms with Crippen LogP contribution in [0.2, 0.25) is 5.02 Å². The molecule has 1 atom stereocenters. The number of rotatable bonds is 3. The number of benzene rings is 2. The molecule has 0 aliphatic rings. The van der Waals surface area contributed by atoms with Crippen molar-refractivity contribution in [2.45, 2.75) is 12.5 Å². The second-order valence-electron chi connectivity index (χ2n) is 4.10. The molecule has 0 spiro atoms. The Labute approximate surface area is 124 Å². The number of hydrogen-bond donors (Lipinski definition) is 1. The van der Waals surface area contributed by atoms with Gasteiger partial charge in [0.05, 0.1) is 0 Å². The van der Waals surface area contributed by atoms with Crippen molar-refractivity contribution in [1.82, 2.24) is 0 Å². The van der Waals surface area contributed by atoms with Crippen molar-refractivity contribution >= 4 is 34.2 Å². The summed E-state index contributed by atoms with van der Waals surface area (Å²) in [5.41, 5.74) is 7.58. The molecule has 0 fully saturated rings. The van der Waals surface area contributed by atoms with E-state index in [1.165, 1.54) is 15.7 Å². The van der Waals surface area contributed by atoms with Crippen LogP contribution in [0.5, 0.6) is 0 Å². The molecule has 2 N–H and O–H groups in total. The van der Waals surface area contributed by atoms with Crippen molar-refractivity contribution in [3.63, 3.8) is 0 Å². The second kappa shape index (κ2) is 5.99. The van der Waals surface area contributed by atoms with Gasteiger partial charge in [-0.25, -0.2) is 4.39 Å².